The molecule has 82 valence electrons. The minimum atomic E-state index is -0.964. The SMILES string of the molecule is CNc1c(OC(C)C)cccc1C(=O)O. The number of nitrogens with one attached hydrogen (secondary N) is 1. The molecule has 0 aliphatic rings. The van der Waals surface area contributed by atoms with E-state index in [1.807, 2.05) is 13.8 Å². The molecule has 1 aromatic carbocycles. The fourth-order valence-corrected chi connectivity index (χ4v) is 1.32. The maximum absolute atomic E-state index is 10.9. The third-order valence-electron chi connectivity index (χ3n) is 1.87. The van der Waals surface area contributed by atoms with Gasteiger partial charge < -0.3 is 15.2 Å². The molecule has 15 heavy (non-hydrogen) atoms. The zero-order chi connectivity index (χ0) is 11.4. The number of rotatable bonds is 4. The summed E-state index contributed by atoms with van der Waals surface area (Å²) in [6.07, 6.45) is 0.0149. The average Bonchev–Trinajstić information content (AvgIpc) is 2.16. The lowest BCUT2D eigenvalue weighted by atomic mass is 10.1. The van der Waals surface area contributed by atoms with Gasteiger partial charge in [0.1, 0.15) is 5.75 Å². The maximum atomic E-state index is 10.9. The Morgan fingerprint density at radius 3 is 2.60 bits per heavy atom. The number of hydrogen-bond acceptors (Lipinski definition) is 3. The summed E-state index contributed by atoms with van der Waals surface area (Å²) in [6.45, 7) is 3.79. The second kappa shape index (κ2) is 4.68. The molecule has 2 N–H and O–H groups in total. The van der Waals surface area contributed by atoms with Crippen LogP contribution in [-0.2, 0) is 0 Å². The van der Waals surface area contributed by atoms with E-state index in [1.165, 1.54) is 0 Å². The van der Waals surface area contributed by atoms with E-state index < -0.39 is 5.97 Å². The van der Waals surface area contributed by atoms with E-state index in [9.17, 15) is 4.79 Å². The standard InChI is InChI=1S/C11H15NO3/c1-7(2)15-9-6-4-5-8(11(13)14)10(9)12-3/h4-7,12H,1-3H3,(H,13,14). The van der Waals surface area contributed by atoms with E-state index in [-0.39, 0.29) is 11.7 Å². The minimum Gasteiger partial charge on any atom is -0.489 e. The fraction of sp³-hybridized carbons (Fsp3) is 0.364. The number of carboxylic acid groups (broad SMARTS) is 1. The monoisotopic (exact) mass is 209 g/mol. The van der Waals surface area contributed by atoms with Crippen LogP contribution in [-0.4, -0.2) is 24.2 Å². The van der Waals surface area contributed by atoms with Gasteiger partial charge in [0, 0.05) is 7.05 Å². The maximum Gasteiger partial charge on any atom is 0.337 e. The minimum absolute atomic E-state index is 0.0149. The van der Waals surface area contributed by atoms with Gasteiger partial charge in [-0.1, -0.05) is 6.07 Å². The van der Waals surface area contributed by atoms with Crippen LogP contribution in [0.5, 0.6) is 5.75 Å². The van der Waals surface area contributed by atoms with Crippen molar-refractivity contribution in [2.75, 3.05) is 12.4 Å². The lowest BCUT2D eigenvalue weighted by Gasteiger charge is -2.15. The average molecular weight is 209 g/mol. The Bertz CT molecular complexity index is 361. The molecule has 4 nitrogen and oxygen atoms in total. The van der Waals surface area contributed by atoms with E-state index in [0.717, 1.165) is 0 Å². The van der Waals surface area contributed by atoms with Crippen LogP contribution in [0.1, 0.15) is 24.2 Å². The number of benzene rings is 1. The first-order valence-corrected chi connectivity index (χ1v) is 4.77. The van der Waals surface area contributed by atoms with E-state index in [1.54, 1.807) is 25.2 Å². The van der Waals surface area contributed by atoms with Gasteiger partial charge in [0.15, 0.2) is 0 Å². The number of hydrogen-bond donors (Lipinski definition) is 2. The molecular formula is C11H15NO3. The summed E-state index contributed by atoms with van der Waals surface area (Å²) in [6, 6.07) is 4.96. The molecular weight excluding hydrogens is 194 g/mol. The van der Waals surface area contributed by atoms with Crippen LogP contribution in [0, 0.1) is 0 Å². The van der Waals surface area contributed by atoms with Crippen molar-refractivity contribution in [3.8, 4) is 5.75 Å². The van der Waals surface area contributed by atoms with Crippen molar-refractivity contribution >= 4 is 11.7 Å². The van der Waals surface area contributed by atoms with E-state index in [2.05, 4.69) is 5.32 Å². The van der Waals surface area contributed by atoms with Crippen LogP contribution in [0.4, 0.5) is 5.69 Å². The molecule has 0 radical (unpaired) electrons. The molecule has 0 fully saturated rings. The number of aromatic carboxylic acids is 1. The van der Waals surface area contributed by atoms with Gasteiger partial charge >= 0.3 is 5.97 Å². The first kappa shape index (κ1) is 11.4. The van der Waals surface area contributed by atoms with Crippen molar-refractivity contribution in [3.63, 3.8) is 0 Å². The van der Waals surface area contributed by atoms with Gasteiger partial charge in [0.25, 0.3) is 0 Å². The molecule has 0 aromatic heterocycles. The largest absolute Gasteiger partial charge is 0.489 e. The van der Waals surface area contributed by atoms with Crippen LogP contribution in [0.2, 0.25) is 0 Å². The van der Waals surface area contributed by atoms with Gasteiger partial charge in [-0.2, -0.15) is 0 Å². The summed E-state index contributed by atoms with van der Waals surface area (Å²) in [5, 5.41) is 11.8. The fourth-order valence-electron chi connectivity index (χ4n) is 1.32. The van der Waals surface area contributed by atoms with Gasteiger partial charge in [0.2, 0.25) is 0 Å². The predicted molar refractivity (Wildman–Crippen MR) is 58.7 cm³/mol. The van der Waals surface area contributed by atoms with Crippen molar-refractivity contribution in [2.24, 2.45) is 0 Å². The van der Waals surface area contributed by atoms with E-state index in [0.29, 0.717) is 11.4 Å². The van der Waals surface area contributed by atoms with Gasteiger partial charge in [-0.3, -0.25) is 0 Å². The molecule has 4 heteroatoms. The van der Waals surface area contributed by atoms with Gasteiger partial charge in [-0.05, 0) is 26.0 Å². The summed E-state index contributed by atoms with van der Waals surface area (Å²) in [5.74, 6) is -0.402. The molecule has 1 rings (SSSR count). The van der Waals surface area contributed by atoms with Crippen LogP contribution in [0.15, 0.2) is 18.2 Å². The second-order valence-corrected chi connectivity index (χ2v) is 3.40. The topological polar surface area (TPSA) is 58.6 Å². The molecule has 0 unspecified atom stereocenters. The van der Waals surface area contributed by atoms with Crippen LogP contribution >= 0.6 is 0 Å². The highest BCUT2D eigenvalue weighted by Gasteiger charge is 2.14. The highest BCUT2D eigenvalue weighted by molar-refractivity contribution is 5.95. The molecule has 0 heterocycles. The molecule has 0 bridgehead atoms. The van der Waals surface area contributed by atoms with Crippen molar-refractivity contribution < 1.29 is 14.6 Å². The van der Waals surface area contributed by atoms with Gasteiger partial charge in [-0.25, -0.2) is 4.79 Å². The Morgan fingerprint density at radius 1 is 1.47 bits per heavy atom. The smallest absolute Gasteiger partial charge is 0.337 e. The predicted octanol–water partition coefficient (Wildman–Crippen LogP) is 2.21. The number of carboxylic acids is 1. The Labute approximate surface area is 88.9 Å². The Kier molecular flexibility index (Phi) is 3.55. The molecule has 0 atom stereocenters. The molecule has 0 amide bonds. The number of ether oxygens (including phenoxy) is 1. The number of carbonyl (C=O) groups is 1. The first-order valence-electron chi connectivity index (χ1n) is 4.77. The van der Waals surface area contributed by atoms with Crippen molar-refractivity contribution in [1.82, 2.24) is 0 Å². The quantitative estimate of drug-likeness (QED) is 0.798. The summed E-state index contributed by atoms with van der Waals surface area (Å²) in [7, 11) is 1.68. The highest BCUT2D eigenvalue weighted by Crippen LogP contribution is 2.28. The molecule has 1 aromatic rings. The Balaban J connectivity index is 3.16. The normalized spacial score (nSPS) is 10.1. The number of anilines is 1. The molecule has 0 spiro atoms. The van der Waals surface area contributed by atoms with Crippen LogP contribution in [0.3, 0.4) is 0 Å². The van der Waals surface area contributed by atoms with Crippen molar-refractivity contribution in [2.45, 2.75) is 20.0 Å². The third kappa shape index (κ3) is 2.62. The molecule has 0 saturated carbocycles. The zero-order valence-corrected chi connectivity index (χ0v) is 9.07. The molecule has 0 aliphatic carbocycles. The third-order valence-corrected chi connectivity index (χ3v) is 1.87. The summed E-state index contributed by atoms with van der Waals surface area (Å²) >= 11 is 0. The Morgan fingerprint density at radius 2 is 2.13 bits per heavy atom. The van der Waals surface area contributed by atoms with E-state index in [4.69, 9.17) is 9.84 Å². The van der Waals surface area contributed by atoms with Crippen molar-refractivity contribution in [3.05, 3.63) is 23.8 Å². The van der Waals surface area contributed by atoms with E-state index >= 15 is 0 Å². The zero-order valence-electron chi connectivity index (χ0n) is 9.07. The van der Waals surface area contributed by atoms with Crippen LogP contribution < -0.4 is 10.1 Å². The van der Waals surface area contributed by atoms with Gasteiger partial charge in [-0.15, -0.1) is 0 Å². The van der Waals surface area contributed by atoms with Crippen LogP contribution in [0.25, 0.3) is 0 Å². The first-order chi connectivity index (χ1) is 7.06. The summed E-state index contributed by atoms with van der Waals surface area (Å²) in [4.78, 5) is 10.9. The second-order valence-electron chi connectivity index (χ2n) is 3.40. The summed E-state index contributed by atoms with van der Waals surface area (Å²) in [5.41, 5.74) is 0.731. The van der Waals surface area contributed by atoms with Crippen molar-refractivity contribution in [1.29, 1.82) is 0 Å². The highest BCUT2D eigenvalue weighted by atomic mass is 16.5. The molecule has 0 saturated heterocycles. The lowest BCUT2D eigenvalue weighted by Crippen LogP contribution is -2.10. The lowest BCUT2D eigenvalue weighted by molar-refractivity contribution is 0.0697. The Hall–Kier alpha value is -1.71. The summed E-state index contributed by atoms with van der Waals surface area (Å²) < 4.78 is 5.50. The number of para-hydroxylation sites is 1. The van der Waals surface area contributed by atoms with Gasteiger partial charge in [0.05, 0.1) is 17.4 Å². The molecule has 0 aliphatic heterocycles.